The van der Waals surface area contributed by atoms with Crippen LogP contribution in [0.2, 0.25) is 0 Å². The lowest BCUT2D eigenvalue weighted by Crippen LogP contribution is -2.19. The molecule has 0 unspecified atom stereocenters. The van der Waals surface area contributed by atoms with Gasteiger partial charge in [-0.2, -0.15) is 0 Å². The Morgan fingerprint density at radius 2 is 1.67 bits per heavy atom. The van der Waals surface area contributed by atoms with E-state index in [1.807, 2.05) is 48.5 Å². The summed E-state index contributed by atoms with van der Waals surface area (Å²) in [6.07, 6.45) is 2.44. The van der Waals surface area contributed by atoms with E-state index in [2.05, 4.69) is 11.0 Å². The minimum atomic E-state index is 0.659. The number of furan rings is 1. The summed E-state index contributed by atoms with van der Waals surface area (Å²) in [4.78, 5) is 12.0. The Bertz CT molecular complexity index is 998. The van der Waals surface area contributed by atoms with Crippen molar-refractivity contribution in [2.24, 2.45) is 0 Å². The summed E-state index contributed by atoms with van der Waals surface area (Å²) >= 11 is 0. The van der Waals surface area contributed by atoms with Crippen LogP contribution in [0.3, 0.4) is 0 Å². The van der Waals surface area contributed by atoms with E-state index in [0.29, 0.717) is 5.82 Å². The van der Waals surface area contributed by atoms with Crippen molar-refractivity contribution in [3.63, 3.8) is 0 Å². The first kappa shape index (κ1) is 13.5. The molecule has 0 radical (unpaired) electrons. The van der Waals surface area contributed by atoms with Gasteiger partial charge >= 0.3 is 0 Å². The molecule has 118 valence electrons. The van der Waals surface area contributed by atoms with Crippen molar-refractivity contribution < 1.29 is 4.42 Å². The Morgan fingerprint density at radius 3 is 2.54 bits per heavy atom. The van der Waals surface area contributed by atoms with Gasteiger partial charge in [-0.25, -0.2) is 9.97 Å². The van der Waals surface area contributed by atoms with Gasteiger partial charge in [-0.15, -0.1) is 0 Å². The van der Waals surface area contributed by atoms with Crippen LogP contribution in [-0.2, 0) is 0 Å². The van der Waals surface area contributed by atoms with Gasteiger partial charge in [0, 0.05) is 23.9 Å². The first-order valence-corrected chi connectivity index (χ1v) is 8.39. The Balaban J connectivity index is 1.73. The fraction of sp³-hybridized carbons (Fsp3) is 0.200. The Morgan fingerprint density at radius 1 is 0.875 bits per heavy atom. The summed E-state index contributed by atoms with van der Waals surface area (Å²) in [6, 6.07) is 18.2. The van der Waals surface area contributed by atoms with Crippen LogP contribution >= 0.6 is 0 Å². The lowest BCUT2D eigenvalue weighted by Gasteiger charge is -2.18. The molecule has 4 aromatic rings. The van der Waals surface area contributed by atoms with Crippen molar-refractivity contribution in [3.05, 3.63) is 54.6 Å². The number of fused-ring (bicyclic) bond motifs is 2. The molecule has 4 heteroatoms. The van der Waals surface area contributed by atoms with Crippen LogP contribution < -0.4 is 4.90 Å². The lowest BCUT2D eigenvalue weighted by molar-refractivity contribution is 0.625. The number of hydrogen-bond donors (Lipinski definition) is 0. The fourth-order valence-corrected chi connectivity index (χ4v) is 3.43. The van der Waals surface area contributed by atoms with Crippen LogP contribution in [0.5, 0.6) is 0 Å². The normalized spacial score (nSPS) is 14.8. The molecular weight excluding hydrogens is 298 g/mol. The molecule has 1 aliphatic heterocycles. The largest absolute Gasteiger partial charge is 0.453 e. The predicted molar refractivity (Wildman–Crippen MR) is 96.2 cm³/mol. The van der Waals surface area contributed by atoms with Gasteiger partial charge in [-0.1, -0.05) is 30.3 Å². The number of benzene rings is 2. The molecule has 0 aliphatic carbocycles. The van der Waals surface area contributed by atoms with E-state index in [9.17, 15) is 0 Å². The number of aromatic nitrogens is 2. The molecular formula is C20H17N3O. The zero-order chi connectivity index (χ0) is 15.9. The zero-order valence-electron chi connectivity index (χ0n) is 13.3. The van der Waals surface area contributed by atoms with E-state index in [1.54, 1.807) is 0 Å². The molecule has 0 spiro atoms. The molecule has 24 heavy (non-hydrogen) atoms. The van der Waals surface area contributed by atoms with Crippen LogP contribution in [0, 0.1) is 0 Å². The topological polar surface area (TPSA) is 42.2 Å². The molecule has 4 nitrogen and oxygen atoms in total. The maximum absolute atomic E-state index is 5.98. The molecule has 0 bridgehead atoms. The van der Waals surface area contributed by atoms with E-state index in [0.717, 1.165) is 46.5 Å². The maximum Gasteiger partial charge on any atom is 0.198 e. The maximum atomic E-state index is 5.98. The molecule has 0 N–H and O–H groups in total. The number of para-hydroxylation sites is 2. The minimum absolute atomic E-state index is 0.659. The molecule has 5 rings (SSSR count). The molecule has 0 amide bonds. The molecule has 3 heterocycles. The van der Waals surface area contributed by atoms with E-state index in [-0.39, 0.29) is 0 Å². The van der Waals surface area contributed by atoms with E-state index < -0.39 is 0 Å². The van der Waals surface area contributed by atoms with Gasteiger partial charge in [0.2, 0.25) is 0 Å². The fourth-order valence-electron chi connectivity index (χ4n) is 3.43. The minimum Gasteiger partial charge on any atom is -0.453 e. The third-order valence-electron chi connectivity index (χ3n) is 4.63. The highest BCUT2D eigenvalue weighted by molar-refractivity contribution is 5.91. The second-order valence-electron chi connectivity index (χ2n) is 6.23. The number of nitrogens with zero attached hydrogens (tertiary/aromatic N) is 3. The third-order valence-corrected chi connectivity index (χ3v) is 4.63. The quantitative estimate of drug-likeness (QED) is 0.540. The Kier molecular flexibility index (Phi) is 3.01. The summed E-state index contributed by atoms with van der Waals surface area (Å²) in [5.41, 5.74) is 1.83. The highest BCUT2D eigenvalue weighted by Gasteiger charge is 2.19. The SMILES string of the molecule is c1ccc2oc(-c3nc(N4CCCC4)c4ccccc4n3)cc2c1. The second-order valence-corrected chi connectivity index (χ2v) is 6.23. The summed E-state index contributed by atoms with van der Waals surface area (Å²) in [5, 5.41) is 2.19. The summed E-state index contributed by atoms with van der Waals surface area (Å²) in [5.74, 6) is 2.41. The van der Waals surface area contributed by atoms with Gasteiger partial charge < -0.3 is 9.32 Å². The monoisotopic (exact) mass is 315 g/mol. The van der Waals surface area contributed by atoms with Crippen molar-refractivity contribution in [1.82, 2.24) is 9.97 Å². The van der Waals surface area contributed by atoms with Crippen molar-refractivity contribution in [2.45, 2.75) is 12.8 Å². The van der Waals surface area contributed by atoms with Crippen molar-refractivity contribution in [3.8, 4) is 11.6 Å². The van der Waals surface area contributed by atoms with Crippen LogP contribution in [0.1, 0.15) is 12.8 Å². The van der Waals surface area contributed by atoms with Gasteiger partial charge in [0.1, 0.15) is 11.4 Å². The Labute approximate surface area is 139 Å². The predicted octanol–water partition coefficient (Wildman–Crippen LogP) is 4.64. The first-order valence-electron chi connectivity index (χ1n) is 8.39. The third kappa shape index (κ3) is 2.14. The molecule has 1 saturated heterocycles. The van der Waals surface area contributed by atoms with E-state index in [4.69, 9.17) is 14.4 Å². The molecule has 2 aromatic carbocycles. The van der Waals surface area contributed by atoms with Crippen LogP contribution in [0.25, 0.3) is 33.5 Å². The van der Waals surface area contributed by atoms with Crippen molar-refractivity contribution in [1.29, 1.82) is 0 Å². The van der Waals surface area contributed by atoms with Gasteiger partial charge in [0.25, 0.3) is 0 Å². The van der Waals surface area contributed by atoms with E-state index in [1.165, 1.54) is 12.8 Å². The number of rotatable bonds is 2. The average molecular weight is 315 g/mol. The van der Waals surface area contributed by atoms with Crippen molar-refractivity contribution in [2.75, 3.05) is 18.0 Å². The highest BCUT2D eigenvalue weighted by Crippen LogP contribution is 2.31. The Hall–Kier alpha value is -2.88. The van der Waals surface area contributed by atoms with Gasteiger partial charge in [-0.3, -0.25) is 0 Å². The molecule has 1 aliphatic rings. The summed E-state index contributed by atoms with van der Waals surface area (Å²) in [7, 11) is 0. The second kappa shape index (κ2) is 5.34. The summed E-state index contributed by atoms with van der Waals surface area (Å²) < 4.78 is 5.98. The van der Waals surface area contributed by atoms with Crippen LogP contribution in [-0.4, -0.2) is 23.1 Å². The lowest BCUT2D eigenvalue weighted by atomic mass is 10.2. The standard InChI is InChI=1S/C20H17N3O/c1-4-10-17-14(7-1)13-18(24-17)19-21-16-9-3-2-8-15(16)20(22-19)23-11-5-6-12-23/h1-4,7-10,13H,5-6,11-12H2. The van der Waals surface area contributed by atoms with Crippen LogP contribution in [0.4, 0.5) is 5.82 Å². The molecule has 0 atom stereocenters. The number of anilines is 1. The molecule has 1 fully saturated rings. The number of hydrogen-bond acceptors (Lipinski definition) is 4. The molecule has 0 saturated carbocycles. The average Bonchev–Trinajstić information content (AvgIpc) is 3.30. The highest BCUT2D eigenvalue weighted by atomic mass is 16.3. The van der Waals surface area contributed by atoms with Gasteiger partial charge in [0.05, 0.1) is 5.52 Å². The smallest absolute Gasteiger partial charge is 0.198 e. The van der Waals surface area contributed by atoms with Crippen molar-refractivity contribution >= 4 is 27.7 Å². The summed E-state index contributed by atoms with van der Waals surface area (Å²) in [6.45, 7) is 2.11. The van der Waals surface area contributed by atoms with Crippen LogP contribution in [0.15, 0.2) is 59.0 Å². The van der Waals surface area contributed by atoms with Gasteiger partial charge in [0.15, 0.2) is 11.6 Å². The first-order chi connectivity index (χ1) is 11.9. The van der Waals surface area contributed by atoms with E-state index >= 15 is 0 Å². The molecule has 2 aromatic heterocycles. The van der Waals surface area contributed by atoms with Gasteiger partial charge in [-0.05, 0) is 37.1 Å². The zero-order valence-corrected chi connectivity index (χ0v) is 13.3.